The number of Topliss-reactive ketones (excluding diaryl/α,β-unsaturated/α-hetero) is 1. The maximum atomic E-state index is 13.8. The number of nitrogens with zero attached hydrogens (tertiary/aromatic N) is 5. The number of carbonyl (C=O) groups excluding carboxylic acids is 3. The molecule has 0 spiro atoms. The van der Waals surface area contributed by atoms with E-state index in [0.717, 1.165) is 12.8 Å². The summed E-state index contributed by atoms with van der Waals surface area (Å²) in [5, 5.41) is 12.6. The second kappa shape index (κ2) is 15.3. The van der Waals surface area contributed by atoms with Gasteiger partial charge in [-0.15, -0.1) is 5.10 Å². The van der Waals surface area contributed by atoms with Crippen LogP contribution in [0, 0.1) is 12.8 Å². The number of hydrogen-bond acceptors (Lipinski definition) is 8. The van der Waals surface area contributed by atoms with Gasteiger partial charge in [-0.05, 0) is 43.0 Å². The van der Waals surface area contributed by atoms with Crippen LogP contribution < -0.4 is 10.1 Å². The molecule has 0 radical (unpaired) electrons. The number of benzene rings is 1. The lowest BCUT2D eigenvalue weighted by molar-refractivity contribution is 0.0970. The second-order valence-electron chi connectivity index (χ2n) is 11.1. The highest BCUT2D eigenvalue weighted by Crippen LogP contribution is 2.33. The number of amides is 1. The Kier molecular flexibility index (Phi) is 11.6. The molecular weight excluding hydrogens is 600 g/mol. The van der Waals surface area contributed by atoms with Gasteiger partial charge in [0.25, 0.3) is 5.91 Å². The molecule has 0 aliphatic carbocycles. The number of halogens is 1. The van der Waals surface area contributed by atoms with Crippen molar-refractivity contribution >= 4 is 56.9 Å². The van der Waals surface area contributed by atoms with Crippen molar-refractivity contribution in [1.82, 2.24) is 24.5 Å². The number of nitrogens with one attached hydrogen (secondary N) is 1. The van der Waals surface area contributed by atoms with Crippen LogP contribution in [0.15, 0.2) is 36.7 Å². The van der Waals surface area contributed by atoms with Gasteiger partial charge < -0.3 is 10.1 Å². The number of thioether (sulfide) groups is 1. The topological polar surface area (TPSA) is 121 Å². The normalized spacial score (nSPS) is 11.3. The van der Waals surface area contributed by atoms with E-state index in [2.05, 4.69) is 27.4 Å². The zero-order valence-corrected chi connectivity index (χ0v) is 27.4. The highest BCUT2D eigenvalue weighted by molar-refractivity contribution is 8.13. The fraction of sp³-hybridized carbons (Fsp3) is 0.438. The maximum Gasteiger partial charge on any atom is 0.306 e. The Morgan fingerprint density at radius 3 is 2.55 bits per heavy atom. The van der Waals surface area contributed by atoms with Gasteiger partial charge in [0.05, 0.1) is 23.4 Å². The number of carbonyl (C=O) groups is 3. The molecule has 0 saturated carbocycles. The molecule has 0 fully saturated rings. The molecule has 0 bridgehead atoms. The van der Waals surface area contributed by atoms with Gasteiger partial charge in [0.1, 0.15) is 11.2 Å². The fourth-order valence-corrected chi connectivity index (χ4v) is 5.86. The number of fused-ring (bicyclic) bond motifs is 1. The summed E-state index contributed by atoms with van der Waals surface area (Å²) in [7, 11) is 1.44. The van der Waals surface area contributed by atoms with Crippen molar-refractivity contribution < 1.29 is 19.1 Å². The molecule has 1 N–H and O–H groups in total. The summed E-state index contributed by atoms with van der Waals surface area (Å²) in [6.45, 7) is 7.90. The van der Waals surface area contributed by atoms with Gasteiger partial charge in [0, 0.05) is 36.0 Å². The lowest BCUT2D eigenvalue weighted by Gasteiger charge is -2.15. The van der Waals surface area contributed by atoms with E-state index >= 15 is 0 Å². The van der Waals surface area contributed by atoms with Gasteiger partial charge >= 0.3 is 5.24 Å². The highest BCUT2D eigenvalue weighted by Gasteiger charge is 2.26. The van der Waals surface area contributed by atoms with E-state index in [4.69, 9.17) is 16.3 Å². The summed E-state index contributed by atoms with van der Waals surface area (Å²) in [6, 6.07) is 6.61. The van der Waals surface area contributed by atoms with E-state index in [-0.39, 0.29) is 46.3 Å². The molecule has 0 unspecified atom stereocenters. The molecule has 234 valence electrons. The first-order valence-corrected chi connectivity index (χ1v) is 16.3. The minimum atomic E-state index is -0.548. The van der Waals surface area contributed by atoms with E-state index < -0.39 is 5.91 Å². The van der Waals surface area contributed by atoms with Crippen molar-refractivity contribution in [3.63, 3.8) is 0 Å². The van der Waals surface area contributed by atoms with Crippen LogP contribution in [-0.4, -0.2) is 54.3 Å². The highest BCUT2D eigenvalue weighted by atomic mass is 35.5. The molecule has 0 aliphatic heterocycles. The number of hydrogen-bond donors (Lipinski definition) is 1. The Hall–Kier alpha value is -3.70. The first kappa shape index (κ1) is 33.2. The minimum absolute atomic E-state index is 0.0650. The van der Waals surface area contributed by atoms with E-state index in [1.54, 1.807) is 31.5 Å². The second-order valence-corrected chi connectivity index (χ2v) is 12.6. The molecule has 0 aliphatic rings. The van der Waals surface area contributed by atoms with Gasteiger partial charge in [-0.25, -0.2) is 9.67 Å². The third-order valence-electron chi connectivity index (χ3n) is 7.09. The number of rotatable bonds is 14. The number of ketones is 1. The summed E-state index contributed by atoms with van der Waals surface area (Å²) in [5.41, 5.74) is 1.71. The van der Waals surface area contributed by atoms with Crippen LogP contribution in [0.3, 0.4) is 0 Å². The van der Waals surface area contributed by atoms with Crippen LogP contribution in [0.5, 0.6) is 5.88 Å². The zero-order valence-electron chi connectivity index (χ0n) is 25.9. The molecule has 0 saturated heterocycles. The third-order valence-corrected chi connectivity index (χ3v) is 8.31. The van der Waals surface area contributed by atoms with Crippen molar-refractivity contribution in [3.05, 3.63) is 58.5 Å². The van der Waals surface area contributed by atoms with Crippen molar-refractivity contribution in [2.45, 2.75) is 72.6 Å². The number of pyridine rings is 1. The lowest BCUT2D eigenvalue weighted by Crippen LogP contribution is -2.20. The number of anilines is 1. The van der Waals surface area contributed by atoms with Crippen molar-refractivity contribution in [2.75, 3.05) is 18.2 Å². The van der Waals surface area contributed by atoms with Gasteiger partial charge in [-0.3, -0.25) is 14.4 Å². The quantitative estimate of drug-likeness (QED) is 0.109. The van der Waals surface area contributed by atoms with Gasteiger partial charge in [0.15, 0.2) is 11.6 Å². The van der Waals surface area contributed by atoms with E-state index in [1.807, 2.05) is 19.9 Å². The average Bonchev–Trinajstić information content (AvgIpc) is 3.61. The molecule has 3 heterocycles. The van der Waals surface area contributed by atoms with Crippen LogP contribution in [0.25, 0.3) is 16.7 Å². The maximum absolute atomic E-state index is 13.8. The SMILES string of the molecule is CCCCCCCCSC(=O)n1cc2cc(C)c(NC(=O)c3cc(OC)nn3-c3ncccc3Cl)c(C(=O)CC(C)C)c2n1. The van der Waals surface area contributed by atoms with Gasteiger partial charge in [-0.2, -0.15) is 9.78 Å². The van der Waals surface area contributed by atoms with Crippen LogP contribution in [0.1, 0.15) is 92.1 Å². The summed E-state index contributed by atoms with van der Waals surface area (Å²) >= 11 is 7.59. The Morgan fingerprint density at radius 1 is 1.09 bits per heavy atom. The van der Waals surface area contributed by atoms with Crippen molar-refractivity contribution in [1.29, 1.82) is 0 Å². The minimum Gasteiger partial charge on any atom is -0.480 e. The lowest BCUT2D eigenvalue weighted by atomic mass is 9.95. The average molecular weight is 639 g/mol. The summed E-state index contributed by atoms with van der Waals surface area (Å²) in [6.07, 6.45) is 10.3. The van der Waals surface area contributed by atoms with Crippen molar-refractivity contribution in [2.24, 2.45) is 5.92 Å². The number of aromatic nitrogens is 5. The van der Waals surface area contributed by atoms with Gasteiger partial charge in [-0.1, -0.05) is 76.2 Å². The fourth-order valence-electron chi connectivity index (χ4n) is 4.91. The first-order chi connectivity index (χ1) is 21.1. The molecule has 1 amide bonds. The number of unbranched alkanes of at least 4 members (excludes halogenated alkanes) is 5. The molecule has 10 nitrogen and oxygen atoms in total. The van der Waals surface area contributed by atoms with Crippen molar-refractivity contribution in [3.8, 4) is 11.7 Å². The smallest absolute Gasteiger partial charge is 0.306 e. The third kappa shape index (κ3) is 7.87. The Bertz CT molecular complexity index is 1650. The zero-order chi connectivity index (χ0) is 31.8. The molecule has 0 atom stereocenters. The predicted octanol–water partition coefficient (Wildman–Crippen LogP) is 8.13. The number of aryl methyl sites for hydroxylation is 1. The predicted molar refractivity (Wildman–Crippen MR) is 176 cm³/mol. The summed E-state index contributed by atoms with van der Waals surface area (Å²) < 4.78 is 7.88. The Labute approximate surface area is 266 Å². The Morgan fingerprint density at radius 2 is 1.84 bits per heavy atom. The van der Waals surface area contributed by atoms with E-state index in [0.29, 0.717) is 32.9 Å². The van der Waals surface area contributed by atoms with Crippen LogP contribution in [-0.2, 0) is 0 Å². The van der Waals surface area contributed by atoms with Crippen LogP contribution >= 0.6 is 23.4 Å². The number of methoxy groups -OCH3 is 1. The van der Waals surface area contributed by atoms with Gasteiger partial charge in [0.2, 0.25) is 5.88 Å². The molecule has 3 aromatic heterocycles. The standard InChI is InChI=1S/C32H39ClN6O4S/c1-6-7-8-9-10-11-15-44-32(42)38-19-22-17-21(4)28(27(29(22)37-38)25(40)16-20(2)3)35-31(41)24-18-26(43-5)36-39(24)30-23(33)13-12-14-34-30/h12-14,17-20H,6-11,15-16H2,1-5H3,(H,35,41). The number of ether oxygens (including phenoxy) is 1. The molecule has 4 rings (SSSR count). The monoisotopic (exact) mass is 638 g/mol. The molecule has 12 heteroatoms. The summed E-state index contributed by atoms with van der Waals surface area (Å²) in [4.78, 5) is 44.8. The molecule has 44 heavy (non-hydrogen) atoms. The first-order valence-electron chi connectivity index (χ1n) is 14.9. The van der Waals surface area contributed by atoms with Crippen LogP contribution in [0.2, 0.25) is 5.02 Å². The van der Waals surface area contributed by atoms with Crippen LogP contribution in [0.4, 0.5) is 10.5 Å². The summed E-state index contributed by atoms with van der Waals surface area (Å²) in [5.74, 6) is 0.486. The van der Waals surface area contributed by atoms with E-state index in [9.17, 15) is 14.4 Å². The molecular formula is C32H39ClN6O4S. The Balaban J connectivity index is 1.67. The molecule has 4 aromatic rings. The molecule has 1 aromatic carbocycles. The largest absolute Gasteiger partial charge is 0.480 e. The van der Waals surface area contributed by atoms with E-state index in [1.165, 1.54) is 60.0 Å².